The van der Waals surface area contributed by atoms with Crippen LogP contribution >= 0.6 is 0 Å². The van der Waals surface area contributed by atoms with Gasteiger partial charge in [-0.25, -0.2) is 4.79 Å². The summed E-state index contributed by atoms with van der Waals surface area (Å²) in [7, 11) is -1.73. The van der Waals surface area contributed by atoms with Crippen LogP contribution in [0.1, 0.15) is 51.3 Å². The Balaban J connectivity index is 0.00000168. The minimum absolute atomic E-state index is 0.0495. The number of benzene rings is 2. The van der Waals surface area contributed by atoms with Crippen molar-refractivity contribution in [3.63, 3.8) is 0 Å². The van der Waals surface area contributed by atoms with Crippen molar-refractivity contribution >= 4 is 25.0 Å². The summed E-state index contributed by atoms with van der Waals surface area (Å²) < 4.78 is 5.24. The Morgan fingerprint density at radius 2 is 1.47 bits per heavy atom. The molecular weight excluding hydrogens is 485 g/mol. The van der Waals surface area contributed by atoms with E-state index in [0.717, 1.165) is 22.6 Å². The molecule has 0 aliphatic rings. The molecular formula is C28H42BN3O6. The van der Waals surface area contributed by atoms with Crippen LogP contribution in [-0.2, 0) is 27.4 Å². The summed E-state index contributed by atoms with van der Waals surface area (Å²) in [4.78, 5) is 37.5. The fourth-order valence-corrected chi connectivity index (χ4v) is 3.29. The SMILES string of the molecule is CC(C)C.Cc1ccccc1C[C@H](NC(=O)OCc1ccccc1)C(=O)NCC(=O)NC(B(O)O)C(C)C. The van der Waals surface area contributed by atoms with Gasteiger partial charge in [0.15, 0.2) is 0 Å². The molecule has 0 radical (unpaired) electrons. The molecule has 0 heterocycles. The third-order valence-corrected chi connectivity index (χ3v) is 5.30. The van der Waals surface area contributed by atoms with Crippen LogP contribution in [0.15, 0.2) is 54.6 Å². The van der Waals surface area contributed by atoms with E-state index in [1.807, 2.05) is 61.5 Å². The largest absolute Gasteiger partial charge is 0.475 e. The fraction of sp³-hybridized carbons (Fsp3) is 0.464. The van der Waals surface area contributed by atoms with Crippen LogP contribution in [0.4, 0.5) is 4.79 Å². The van der Waals surface area contributed by atoms with Crippen LogP contribution in [0.2, 0.25) is 0 Å². The maximum absolute atomic E-state index is 12.9. The highest BCUT2D eigenvalue weighted by molar-refractivity contribution is 6.43. The summed E-state index contributed by atoms with van der Waals surface area (Å²) in [5, 5.41) is 26.4. The Morgan fingerprint density at radius 1 is 0.895 bits per heavy atom. The number of hydrogen-bond acceptors (Lipinski definition) is 6. The van der Waals surface area contributed by atoms with Crippen molar-refractivity contribution in [2.45, 2.75) is 66.6 Å². The molecule has 5 N–H and O–H groups in total. The Morgan fingerprint density at radius 3 is 2.03 bits per heavy atom. The minimum Gasteiger partial charge on any atom is -0.445 e. The van der Waals surface area contributed by atoms with Gasteiger partial charge in [0.05, 0.1) is 12.5 Å². The van der Waals surface area contributed by atoms with Crippen molar-refractivity contribution in [2.24, 2.45) is 11.8 Å². The van der Waals surface area contributed by atoms with E-state index in [2.05, 4.69) is 36.7 Å². The number of rotatable bonds is 11. The third-order valence-electron chi connectivity index (χ3n) is 5.30. The van der Waals surface area contributed by atoms with E-state index in [1.54, 1.807) is 13.8 Å². The molecule has 9 nitrogen and oxygen atoms in total. The number of aryl methyl sites for hydroxylation is 1. The lowest BCUT2D eigenvalue weighted by atomic mass is 9.73. The summed E-state index contributed by atoms with van der Waals surface area (Å²) >= 11 is 0. The highest BCUT2D eigenvalue weighted by Crippen LogP contribution is 2.11. The normalized spacial score (nSPS) is 12.1. The van der Waals surface area contributed by atoms with E-state index in [4.69, 9.17) is 4.74 Å². The fourth-order valence-electron chi connectivity index (χ4n) is 3.29. The van der Waals surface area contributed by atoms with Gasteiger partial charge in [0.1, 0.15) is 12.6 Å². The van der Waals surface area contributed by atoms with Crippen molar-refractivity contribution in [3.8, 4) is 0 Å². The summed E-state index contributed by atoms with van der Waals surface area (Å²) in [6.07, 6.45) is -0.560. The number of carbonyl (C=O) groups excluding carboxylic acids is 3. The standard InChI is InChI=1S/C24H32BN3O6.C4H10/c1-16(2)22(25(32)33)28-21(29)14-26-23(30)20(13-19-12-8-7-9-17(19)3)27-24(31)34-15-18-10-5-4-6-11-18;1-4(2)3/h4-12,16,20,22,32-33H,13-15H2,1-3H3,(H,26,30)(H,27,31)(H,28,29);4H,1-3H3/t20-,22?;/m0./s1. The molecule has 38 heavy (non-hydrogen) atoms. The Bertz CT molecular complexity index is 990. The van der Waals surface area contributed by atoms with Gasteiger partial charge >= 0.3 is 13.2 Å². The average molecular weight is 527 g/mol. The monoisotopic (exact) mass is 527 g/mol. The van der Waals surface area contributed by atoms with Crippen LogP contribution in [-0.4, -0.2) is 53.6 Å². The van der Waals surface area contributed by atoms with Gasteiger partial charge < -0.3 is 30.7 Å². The number of hydrogen-bond donors (Lipinski definition) is 5. The Hall–Kier alpha value is -3.37. The second-order valence-electron chi connectivity index (χ2n) is 10.1. The first-order valence-corrected chi connectivity index (χ1v) is 12.9. The zero-order chi connectivity index (χ0) is 28.7. The van der Waals surface area contributed by atoms with Crippen molar-refractivity contribution in [3.05, 3.63) is 71.3 Å². The van der Waals surface area contributed by atoms with Crippen LogP contribution in [0.5, 0.6) is 0 Å². The molecule has 2 atom stereocenters. The van der Waals surface area contributed by atoms with Gasteiger partial charge in [0, 0.05) is 6.42 Å². The molecule has 2 aromatic carbocycles. The molecule has 0 aliphatic carbocycles. The van der Waals surface area contributed by atoms with Gasteiger partial charge in [-0.05, 0) is 35.4 Å². The molecule has 0 bridgehead atoms. The van der Waals surface area contributed by atoms with Gasteiger partial charge in [-0.3, -0.25) is 9.59 Å². The summed E-state index contributed by atoms with van der Waals surface area (Å²) in [6, 6.07) is 15.6. The molecule has 2 aromatic rings. The van der Waals surface area contributed by atoms with E-state index in [1.165, 1.54) is 0 Å². The lowest BCUT2D eigenvalue weighted by Crippen LogP contribution is -2.54. The Kier molecular flexibility index (Phi) is 14.8. The molecule has 10 heteroatoms. The molecule has 3 amide bonds. The molecule has 0 saturated carbocycles. The van der Waals surface area contributed by atoms with E-state index >= 15 is 0 Å². The molecule has 0 fully saturated rings. The maximum Gasteiger partial charge on any atom is 0.475 e. The molecule has 0 saturated heterocycles. The van der Waals surface area contributed by atoms with E-state index in [-0.39, 0.29) is 25.5 Å². The number of ether oxygens (including phenoxy) is 1. The van der Waals surface area contributed by atoms with Crippen LogP contribution in [0.3, 0.4) is 0 Å². The summed E-state index contributed by atoms with van der Waals surface area (Å²) in [5.74, 6) is -1.42. The van der Waals surface area contributed by atoms with Crippen LogP contribution in [0.25, 0.3) is 0 Å². The molecule has 208 valence electrons. The highest BCUT2D eigenvalue weighted by Gasteiger charge is 2.29. The zero-order valence-corrected chi connectivity index (χ0v) is 23.2. The van der Waals surface area contributed by atoms with Crippen molar-refractivity contribution in [1.82, 2.24) is 16.0 Å². The maximum atomic E-state index is 12.9. The van der Waals surface area contributed by atoms with Crippen molar-refractivity contribution in [1.29, 1.82) is 0 Å². The number of carbonyl (C=O) groups is 3. The lowest BCUT2D eigenvalue weighted by molar-refractivity contribution is -0.127. The van der Waals surface area contributed by atoms with Crippen molar-refractivity contribution in [2.75, 3.05) is 6.54 Å². The van der Waals surface area contributed by atoms with Gasteiger partial charge in [0.2, 0.25) is 11.8 Å². The highest BCUT2D eigenvalue weighted by atomic mass is 16.5. The van der Waals surface area contributed by atoms with Gasteiger partial charge in [-0.1, -0.05) is 89.2 Å². The smallest absolute Gasteiger partial charge is 0.445 e. The van der Waals surface area contributed by atoms with Gasteiger partial charge in [-0.15, -0.1) is 0 Å². The molecule has 0 spiro atoms. The first kappa shape index (κ1) is 32.7. The second kappa shape index (κ2) is 17.2. The Labute approximate surface area is 226 Å². The van der Waals surface area contributed by atoms with Gasteiger partial charge in [-0.2, -0.15) is 0 Å². The van der Waals surface area contributed by atoms with E-state index in [9.17, 15) is 24.4 Å². The van der Waals surface area contributed by atoms with Gasteiger partial charge in [0.25, 0.3) is 0 Å². The van der Waals surface area contributed by atoms with E-state index < -0.39 is 37.0 Å². The second-order valence-corrected chi connectivity index (χ2v) is 10.1. The number of amides is 3. The summed E-state index contributed by atoms with van der Waals surface area (Å²) in [6.45, 7) is 11.5. The minimum atomic E-state index is -1.73. The summed E-state index contributed by atoms with van der Waals surface area (Å²) in [5.41, 5.74) is 2.62. The van der Waals surface area contributed by atoms with Crippen LogP contribution < -0.4 is 16.0 Å². The van der Waals surface area contributed by atoms with E-state index in [0.29, 0.717) is 0 Å². The first-order chi connectivity index (χ1) is 17.9. The topological polar surface area (TPSA) is 137 Å². The van der Waals surface area contributed by atoms with Crippen molar-refractivity contribution < 1.29 is 29.2 Å². The lowest BCUT2D eigenvalue weighted by Gasteiger charge is -2.22. The molecule has 0 aromatic heterocycles. The number of alkyl carbamates (subject to hydrolysis) is 1. The van der Waals surface area contributed by atoms with Crippen LogP contribution in [0, 0.1) is 18.8 Å². The molecule has 0 aliphatic heterocycles. The predicted molar refractivity (Wildman–Crippen MR) is 149 cm³/mol. The first-order valence-electron chi connectivity index (χ1n) is 12.9. The molecule has 1 unspecified atom stereocenters. The predicted octanol–water partition coefficient (Wildman–Crippen LogP) is 2.76. The third kappa shape index (κ3) is 13.3. The molecule has 2 rings (SSSR count). The zero-order valence-electron chi connectivity index (χ0n) is 23.2. The average Bonchev–Trinajstić information content (AvgIpc) is 2.85. The quantitative estimate of drug-likeness (QED) is 0.285. The number of nitrogens with one attached hydrogen (secondary N) is 3.